The Morgan fingerprint density at radius 1 is 1.00 bits per heavy atom. The second kappa shape index (κ2) is 7.31. The Balaban J connectivity index is 2.25. The first-order valence-corrected chi connectivity index (χ1v) is 11.1. The zero-order valence-electron chi connectivity index (χ0n) is 14.1. The molecule has 1 aromatic heterocycles. The topological polar surface area (TPSA) is 64.1 Å². The van der Waals surface area contributed by atoms with Gasteiger partial charge in [0, 0.05) is 21.7 Å². The molecule has 1 atom stereocenters. The van der Waals surface area contributed by atoms with Crippen LogP contribution in [0.4, 0.5) is 0 Å². The van der Waals surface area contributed by atoms with Gasteiger partial charge in [0.05, 0.1) is 5.69 Å². The van der Waals surface area contributed by atoms with Crippen molar-refractivity contribution in [3.63, 3.8) is 0 Å². The third-order valence-corrected chi connectivity index (χ3v) is 6.76. The minimum absolute atomic E-state index is 0.00506. The highest BCUT2D eigenvalue weighted by molar-refractivity contribution is 7.92. The number of hydrogen-bond acceptors (Lipinski definition) is 4. The summed E-state index contributed by atoms with van der Waals surface area (Å²) in [6.07, 6.45) is 1.10. The van der Waals surface area contributed by atoms with Crippen molar-refractivity contribution in [3.8, 4) is 11.3 Å². The van der Waals surface area contributed by atoms with Crippen molar-refractivity contribution in [1.82, 2.24) is 4.98 Å². The number of rotatable bonds is 4. The number of aromatic nitrogens is 1. The van der Waals surface area contributed by atoms with Crippen LogP contribution in [-0.4, -0.2) is 23.9 Å². The number of hydrogen-bond donors (Lipinski definition) is 0. The Bertz CT molecular complexity index is 1080. The average Bonchev–Trinajstić information content (AvgIpc) is 2.60. The Labute approximate surface area is 160 Å². The second-order valence-electron chi connectivity index (χ2n) is 5.82. The van der Waals surface area contributed by atoms with E-state index < -0.39 is 20.6 Å². The number of halogens is 1. The SMILES string of the molecule is Cc1cc(-c2ccccc2)nc([S@@](=O)c2ccc(Cl)cc2)c1S(C)(=O)=O. The van der Waals surface area contributed by atoms with Crippen molar-refractivity contribution < 1.29 is 12.6 Å². The Kier molecular flexibility index (Phi) is 5.27. The van der Waals surface area contributed by atoms with Gasteiger partial charge in [-0.15, -0.1) is 0 Å². The standard InChI is InChI=1S/C19H16ClNO3S2/c1-13-12-17(14-6-4-3-5-7-14)21-19(18(13)26(2,23)24)25(22)16-10-8-15(20)9-11-16/h3-12H,1-2H3/t25-/m0/s1. The van der Waals surface area contributed by atoms with Crippen molar-refractivity contribution in [2.75, 3.05) is 6.26 Å². The maximum Gasteiger partial charge on any atom is 0.178 e. The molecular formula is C19H16ClNO3S2. The molecule has 2 aromatic carbocycles. The molecule has 0 amide bonds. The molecule has 0 fully saturated rings. The zero-order valence-corrected chi connectivity index (χ0v) is 16.5. The lowest BCUT2D eigenvalue weighted by Gasteiger charge is -2.13. The van der Waals surface area contributed by atoms with Gasteiger partial charge in [0.1, 0.15) is 15.7 Å². The third-order valence-electron chi connectivity index (χ3n) is 3.77. The van der Waals surface area contributed by atoms with E-state index in [1.165, 1.54) is 0 Å². The molecule has 0 aliphatic rings. The lowest BCUT2D eigenvalue weighted by atomic mass is 10.1. The fraction of sp³-hybridized carbons (Fsp3) is 0.105. The smallest absolute Gasteiger partial charge is 0.178 e. The second-order valence-corrected chi connectivity index (χ2v) is 9.60. The van der Waals surface area contributed by atoms with Crippen molar-refractivity contribution in [3.05, 3.63) is 71.2 Å². The first kappa shape index (κ1) is 18.8. The van der Waals surface area contributed by atoms with E-state index in [0.29, 0.717) is 21.2 Å². The van der Waals surface area contributed by atoms with Gasteiger partial charge in [0.2, 0.25) is 0 Å². The lowest BCUT2D eigenvalue weighted by Crippen LogP contribution is -2.10. The molecule has 0 spiro atoms. The van der Waals surface area contributed by atoms with Crippen LogP contribution in [0.3, 0.4) is 0 Å². The highest BCUT2D eigenvalue weighted by atomic mass is 35.5. The van der Waals surface area contributed by atoms with Crippen LogP contribution in [0, 0.1) is 6.92 Å². The molecule has 0 aliphatic carbocycles. The van der Waals surface area contributed by atoms with Gasteiger partial charge < -0.3 is 0 Å². The molecule has 0 bridgehead atoms. The van der Waals surface area contributed by atoms with E-state index in [1.54, 1.807) is 37.3 Å². The number of nitrogens with zero attached hydrogens (tertiary/aromatic N) is 1. The molecule has 0 saturated heterocycles. The van der Waals surface area contributed by atoms with Crippen molar-refractivity contribution >= 4 is 32.2 Å². The summed E-state index contributed by atoms with van der Waals surface area (Å²) in [5, 5.41) is 0.546. The van der Waals surface area contributed by atoms with Gasteiger partial charge in [0.25, 0.3) is 0 Å². The zero-order chi connectivity index (χ0) is 18.9. The van der Waals surface area contributed by atoms with Gasteiger partial charge in [0.15, 0.2) is 14.9 Å². The number of benzene rings is 2. The summed E-state index contributed by atoms with van der Waals surface area (Å²) < 4.78 is 37.7. The quantitative estimate of drug-likeness (QED) is 0.649. The summed E-state index contributed by atoms with van der Waals surface area (Å²) in [7, 11) is -5.36. The average molecular weight is 406 g/mol. The van der Waals surface area contributed by atoms with E-state index in [1.807, 2.05) is 30.3 Å². The van der Waals surface area contributed by atoms with E-state index in [4.69, 9.17) is 11.6 Å². The van der Waals surface area contributed by atoms with Crippen LogP contribution in [0.1, 0.15) is 5.56 Å². The van der Waals surface area contributed by atoms with Crippen molar-refractivity contribution in [2.24, 2.45) is 0 Å². The summed E-state index contributed by atoms with van der Waals surface area (Å²) in [6.45, 7) is 1.69. The fourth-order valence-corrected chi connectivity index (χ4v) is 5.57. The Morgan fingerprint density at radius 3 is 2.19 bits per heavy atom. The number of pyridine rings is 1. The fourth-order valence-electron chi connectivity index (χ4n) is 2.64. The highest BCUT2D eigenvalue weighted by Crippen LogP contribution is 2.30. The van der Waals surface area contributed by atoms with Gasteiger partial charge in [-0.1, -0.05) is 41.9 Å². The molecular weight excluding hydrogens is 390 g/mol. The molecule has 0 saturated carbocycles. The maximum atomic E-state index is 13.1. The maximum absolute atomic E-state index is 13.1. The summed E-state index contributed by atoms with van der Waals surface area (Å²) in [4.78, 5) is 4.90. The molecule has 4 nitrogen and oxygen atoms in total. The normalized spacial score (nSPS) is 12.7. The molecule has 3 rings (SSSR count). The molecule has 134 valence electrons. The van der Waals surface area contributed by atoms with Crippen LogP contribution >= 0.6 is 11.6 Å². The Morgan fingerprint density at radius 2 is 1.62 bits per heavy atom. The third kappa shape index (κ3) is 3.87. The van der Waals surface area contributed by atoms with Gasteiger partial charge in [-0.2, -0.15) is 0 Å². The number of aryl methyl sites for hydroxylation is 1. The van der Waals surface area contributed by atoms with Crippen molar-refractivity contribution in [1.29, 1.82) is 0 Å². The van der Waals surface area contributed by atoms with E-state index >= 15 is 0 Å². The summed E-state index contributed by atoms with van der Waals surface area (Å²) in [5.74, 6) is 0. The Hall–Kier alpha value is -2.02. The minimum atomic E-state index is -3.61. The molecule has 7 heteroatoms. The number of sulfone groups is 1. The van der Waals surface area contributed by atoms with Crippen LogP contribution in [-0.2, 0) is 20.6 Å². The molecule has 3 aromatic rings. The monoisotopic (exact) mass is 405 g/mol. The predicted octanol–water partition coefficient (Wildman–Crippen LogP) is 4.28. The minimum Gasteiger partial charge on any atom is -0.247 e. The summed E-state index contributed by atoms with van der Waals surface area (Å²) in [5.41, 5.74) is 1.91. The van der Waals surface area contributed by atoms with Crippen molar-refractivity contribution in [2.45, 2.75) is 21.7 Å². The molecule has 0 N–H and O–H groups in total. The highest BCUT2D eigenvalue weighted by Gasteiger charge is 2.24. The van der Waals surface area contributed by atoms with Gasteiger partial charge >= 0.3 is 0 Å². The molecule has 1 heterocycles. The van der Waals surface area contributed by atoms with Gasteiger partial charge in [-0.05, 0) is 42.8 Å². The summed E-state index contributed by atoms with van der Waals surface area (Å²) >= 11 is 5.89. The molecule has 0 aliphatic heterocycles. The van der Waals surface area contributed by atoms with Crippen LogP contribution in [0.2, 0.25) is 5.02 Å². The molecule has 26 heavy (non-hydrogen) atoms. The van der Waals surface area contributed by atoms with E-state index in [-0.39, 0.29) is 9.92 Å². The van der Waals surface area contributed by atoms with E-state index in [2.05, 4.69) is 4.98 Å². The van der Waals surface area contributed by atoms with Crippen LogP contribution in [0.15, 0.2) is 75.5 Å². The van der Waals surface area contributed by atoms with Crippen LogP contribution in [0.5, 0.6) is 0 Å². The largest absolute Gasteiger partial charge is 0.247 e. The van der Waals surface area contributed by atoms with Crippen LogP contribution in [0.25, 0.3) is 11.3 Å². The molecule has 0 unspecified atom stereocenters. The lowest BCUT2D eigenvalue weighted by molar-refractivity contribution is 0.596. The van der Waals surface area contributed by atoms with Gasteiger partial charge in [-0.25, -0.2) is 17.6 Å². The molecule has 0 radical (unpaired) electrons. The van der Waals surface area contributed by atoms with Gasteiger partial charge in [-0.3, -0.25) is 0 Å². The van der Waals surface area contributed by atoms with Crippen LogP contribution < -0.4 is 0 Å². The predicted molar refractivity (Wildman–Crippen MR) is 104 cm³/mol. The van der Waals surface area contributed by atoms with E-state index in [9.17, 15) is 12.6 Å². The first-order chi connectivity index (χ1) is 12.3. The van der Waals surface area contributed by atoms with E-state index in [0.717, 1.165) is 11.8 Å². The first-order valence-electron chi connectivity index (χ1n) is 7.72. The summed E-state index contributed by atoms with van der Waals surface area (Å²) in [6, 6.07) is 17.5.